The van der Waals surface area contributed by atoms with E-state index in [1.165, 1.54) is 29.5 Å². The van der Waals surface area contributed by atoms with Crippen molar-refractivity contribution in [2.45, 2.75) is 55.5 Å². The van der Waals surface area contributed by atoms with Crippen molar-refractivity contribution in [1.82, 2.24) is 15.0 Å². The molecule has 0 aliphatic carbocycles. The molecule has 0 saturated carbocycles. The Morgan fingerprint density at radius 1 is 1.25 bits per heavy atom. The van der Waals surface area contributed by atoms with Crippen LogP contribution in [0.25, 0.3) is 0 Å². The molecule has 32 heavy (non-hydrogen) atoms. The van der Waals surface area contributed by atoms with Gasteiger partial charge in [0.25, 0.3) is 0 Å². The molecule has 0 spiro atoms. The maximum Gasteiger partial charge on any atom is 0.319 e. The molecule has 8 nitrogen and oxygen atoms in total. The van der Waals surface area contributed by atoms with Gasteiger partial charge in [-0.3, -0.25) is 4.79 Å². The molecule has 1 aliphatic rings. The van der Waals surface area contributed by atoms with Crippen molar-refractivity contribution in [2.24, 2.45) is 0 Å². The van der Waals surface area contributed by atoms with E-state index < -0.39 is 10.7 Å². The number of carbonyl (C=O) groups is 1. The number of thioether (sulfide) groups is 1. The molecule has 1 aliphatic heterocycles. The van der Waals surface area contributed by atoms with Gasteiger partial charge in [0, 0.05) is 38.0 Å². The van der Waals surface area contributed by atoms with Gasteiger partial charge in [0.05, 0.1) is 37.0 Å². The van der Waals surface area contributed by atoms with Crippen LogP contribution in [0.2, 0.25) is 0 Å². The molecule has 3 heterocycles. The lowest BCUT2D eigenvalue weighted by molar-refractivity contribution is -0.138. The zero-order chi connectivity index (χ0) is 23.0. The Kier molecular flexibility index (Phi) is 9.12. The Labute approximate surface area is 198 Å². The van der Waals surface area contributed by atoms with Gasteiger partial charge in [0.1, 0.15) is 4.75 Å². The van der Waals surface area contributed by atoms with Crippen LogP contribution in [0.3, 0.4) is 0 Å². The number of carboxylic acids is 1. The molecule has 1 saturated heterocycles. The van der Waals surface area contributed by atoms with Gasteiger partial charge in [-0.05, 0) is 20.3 Å². The number of anilines is 2. The smallest absolute Gasteiger partial charge is 0.319 e. The number of aromatic nitrogens is 3. The first kappa shape index (κ1) is 24.7. The Hall–Kier alpha value is -1.91. The maximum atomic E-state index is 11.4. The van der Waals surface area contributed by atoms with Crippen LogP contribution in [0.4, 0.5) is 11.6 Å². The lowest BCUT2D eigenvalue weighted by atomic mass is 10.2. The molecule has 0 radical (unpaired) electrons. The van der Waals surface area contributed by atoms with Gasteiger partial charge < -0.3 is 19.6 Å². The van der Waals surface area contributed by atoms with Crippen molar-refractivity contribution < 1.29 is 14.6 Å². The fraction of sp³-hybridized carbons (Fsp3) is 0.636. The topological polar surface area (TPSA) is 91.7 Å². The number of hydrogen-bond donors (Lipinski definition) is 1. The summed E-state index contributed by atoms with van der Waals surface area (Å²) in [6.45, 7) is 10.5. The summed E-state index contributed by atoms with van der Waals surface area (Å²) in [4.78, 5) is 29.8. The predicted molar refractivity (Wildman–Crippen MR) is 130 cm³/mol. The zero-order valence-corrected chi connectivity index (χ0v) is 20.8. The minimum Gasteiger partial charge on any atom is -0.480 e. The number of hydrogen-bond acceptors (Lipinski definition) is 9. The van der Waals surface area contributed by atoms with Gasteiger partial charge in [-0.2, -0.15) is 0 Å². The van der Waals surface area contributed by atoms with Crippen LogP contribution in [-0.4, -0.2) is 70.2 Å². The normalized spacial score (nSPS) is 14.5. The minimum atomic E-state index is -0.891. The molecular formula is C22H33N5O3S2. The molecule has 1 N–H and O–H groups in total. The number of carboxylic acid groups (broad SMARTS) is 1. The molecule has 1 fully saturated rings. The highest BCUT2D eigenvalue weighted by molar-refractivity contribution is 8.02. The third-order valence-corrected chi connectivity index (χ3v) is 7.51. The average Bonchev–Trinajstić information content (AvgIpc) is 3.23. The number of unbranched alkanes of at least 4 members (excludes halogenated alkanes) is 2. The minimum absolute atomic E-state index is 0.739. The van der Waals surface area contributed by atoms with Crippen LogP contribution in [0, 0.1) is 0 Å². The van der Waals surface area contributed by atoms with Gasteiger partial charge in [-0.15, -0.1) is 11.3 Å². The molecule has 0 atom stereocenters. The lowest BCUT2D eigenvalue weighted by Gasteiger charge is -2.29. The Morgan fingerprint density at radius 2 is 1.97 bits per heavy atom. The van der Waals surface area contributed by atoms with Crippen LogP contribution in [0.1, 0.15) is 45.7 Å². The largest absolute Gasteiger partial charge is 0.480 e. The number of morpholine rings is 1. The van der Waals surface area contributed by atoms with E-state index in [-0.39, 0.29) is 0 Å². The summed E-state index contributed by atoms with van der Waals surface area (Å²) in [6, 6.07) is 0. The van der Waals surface area contributed by atoms with Crippen molar-refractivity contribution >= 4 is 40.7 Å². The third kappa shape index (κ3) is 7.05. The highest BCUT2D eigenvalue weighted by Crippen LogP contribution is 2.34. The van der Waals surface area contributed by atoms with E-state index in [1.54, 1.807) is 13.8 Å². The second kappa shape index (κ2) is 11.8. The third-order valence-electron chi connectivity index (χ3n) is 5.34. The summed E-state index contributed by atoms with van der Waals surface area (Å²) in [5, 5.41) is 11.4. The summed E-state index contributed by atoms with van der Waals surface area (Å²) in [5.41, 5.74) is 2.01. The first-order valence-corrected chi connectivity index (χ1v) is 12.8. The van der Waals surface area contributed by atoms with Crippen molar-refractivity contribution in [3.8, 4) is 0 Å². The molecule has 0 amide bonds. The Morgan fingerprint density at radius 3 is 2.62 bits per heavy atom. The van der Waals surface area contributed by atoms with E-state index in [1.807, 2.05) is 17.8 Å². The van der Waals surface area contributed by atoms with Gasteiger partial charge in [-0.25, -0.2) is 15.0 Å². The van der Waals surface area contributed by atoms with E-state index in [2.05, 4.69) is 31.7 Å². The molecule has 10 heteroatoms. The summed E-state index contributed by atoms with van der Waals surface area (Å²) < 4.78 is 5.32. The molecule has 0 unspecified atom stereocenters. The summed E-state index contributed by atoms with van der Waals surface area (Å²) in [5.74, 6) is -0.0889. The maximum absolute atomic E-state index is 11.4. The predicted octanol–water partition coefficient (Wildman–Crippen LogP) is 3.96. The van der Waals surface area contributed by atoms with Gasteiger partial charge in [0.15, 0.2) is 4.34 Å². The zero-order valence-electron chi connectivity index (χ0n) is 19.1. The van der Waals surface area contributed by atoms with Crippen LogP contribution >= 0.6 is 23.1 Å². The molecule has 0 bridgehead atoms. The van der Waals surface area contributed by atoms with Crippen LogP contribution in [0.5, 0.6) is 0 Å². The molecular weight excluding hydrogens is 446 g/mol. The molecule has 0 aromatic carbocycles. The van der Waals surface area contributed by atoms with Gasteiger partial charge >= 0.3 is 5.97 Å². The molecule has 176 valence electrons. The lowest BCUT2D eigenvalue weighted by Crippen LogP contribution is -2.36. The van der Waals surface area contributed by atoms with Gasteiger partial charge in [0.2, 0.25) is 5.95 Å². The monoisotopic (exact) mass is 479 g/mol. The van der Waals surface area contributed by atoms with Gasteiger partial charge in [-0.1, -0.05) is 31.5 Å². The average molecular weight is 480 g/mol. The number of nitrogens with zero attached hydrogens (tertiary/aromatic N) is 5. The molecule has 3 rings (SSSR count). The highest BCUT2D eigenvalue weighted by atomic mass is 32.2. The van der Waals surface area contributed by atoms with E-state index in [0.717, 1.165) is 80.3 Å². The molecule has 2 aromatic rings. The van der Waals surface area contributed by atoms with Crippen molar-refractivity contribution in [3.05, 3.63) is 23.5 Å². The quantitative estimate of drug-likeness (QED) is 0.359. The Balaban J connectivity index is 1.62. The highest BCUT2D eigenvalue weighted by Gasteiger charge is 2.29. The SMILES string of the molecule is CCCCCN(CCc1csc(SC(C)(C)C(=O)O)n1)c1ncc(N2CCOCC2)cn1. The fourth-order valence-electron chi connectivity index (χ4n) is 3.29. The van der Waals surface area contributed by atoms with Crippen molar-refractivity contribution in [3.63, 3.8) is 0 Å². The van der Waals surface area contributed by atoms with Crippen molar-refractivity contribution in [2.75, 3.05) is 49.2 Å². The van der Waals surface area contributed by atoms with E-state index in [0.29, 0.717) is 0 Å². The second-order valence-electron chi connectivity index (χ2n) is 8.31. The summed E-state index contributed by atoms with van der Waals surface area (Å²) in [6.07, 6.45) is 8.01. The number of ether oxygens (including phenoxy) is 1. The van der Waals surface area contributed by atoms with E-state index in [4.69, 9.17) is 4.74 Å². The first-order chi connectivity index (χ1) is 15.4. The number of aliphatic carboxylic acids is 1. The van der Waals surface area contributed by atoms with E-state index in [9.17, 15) is 9.90 Å². The number of rotatable bonds is 12. The standard InChI is InChI=1S/C22H33N5O3S2/c1-4-5-6-8-27(20-23-14-18(15-24-20)26-10-12-30-13-11-26)9-7-17-16-31-21(25-17)32-22(2,3)19(28)29/h14-16H,4-13H2,1-3H3,(H,28,29). The van der Waals surface area contributed by atoms with Crippen LogP contribution in [0.15, 0.2) is 22.1 Å². The van der Waals surface area contributed by atoms with Crippen LogP contribution < -0.4 is 9.80 Å². The number of thiazole rings is 1. The first-order valence-electron chi connectivity index (χ1n) is 11.2. The molecule has 2 aromatic heterocycles. The van der Waals surface area contributed by atoms with Crippen LogP contribution in [-0.2, 0) is 16.0 Å². The summed E-state index contributed by atoms with van der Waals surface area (Å²) >= 11 is 2.80. The Bertz CT molecular complexity index is 854. The second-order valence-corrected chi connectivity index (χ2v) is 11.0. The van der Waals surface area contributed by atoms with E-state index >= 15 is 0 Å². The summed E-state index contributed by atoms with van der Waals surface area (Å²) in [7, 11) is 0. The van der Waals surface area contributed by atoms with Crippen molar-refractivity contribution in [1.29, 1.82) is 0 Å². The fourth-order valence-corrected chi connectivity index (χ4v) is 5.51.